The second-order valence-corrected chi connectivity index (χ2v) is 9.42. The van der Waals surface area contributed by atoms with Crippen molar-refractivity contribution in [3.05, 3.63) is 35.4 Å². The van der Waals surface area contributed by atoms with Gasteiger partial charge in [0.1, 0.15) is 0 Å². The first-order valence-corrected chi connectivity index (χ1v) is 10.9. The van der Waals surface area contributed by atoms with E-state index < -0.39 is 15.8 Å². The van der Waals surface area contributed by atoms with Crippen LogP contribution in [0.3, 0.4) is 0 Å². The maximum absolute atomic E-state index is 12.8. The van der Waals surface area contributed by atoms with E-state index >= 15 is 0 Å². The third-order valence-electron chi connectivity index (χ3n) is 5.30. The standard InChI is InChI=1S/C19H25NO5S/c1-14-6-2-5-9-17(14)19(22)25-12-18(21)20(15-7-3-4-8-15)16-10-11-26(23,24)13-16/h2,5-6,9,15-16H,3-4,7-8,10-13H2,1H3/t16-/m0/s1. The molecule has 1 aromatic carbocycles. The number of hydrogen-bond acceptors (Lipinski definition) is 5. The highest BCUT2D eigenvalue weighted by Gasteiger charge is 2.39. The van der Waals surface area contributed by atoms with Crippen molar-refractivity contribution in [2.75, 3.05) is 18.1 Å². The van der Waals surface area contributed by atoms with E-state index in [-0.39, 0.29) is 36.1 Å². The van der Waals surface area contributed by atoms with Crippen LogP contribution in [0, 0.1) is 6.92 Å². The Kier molecular flexibility index (Phi) is 5.65. The van der Waals surface area contributed by atoms with Crippen molar-refractivity contribution in [3.63, 3.8) is 0 Å². The summed E-state index contributed by atoms with van der Waals surface area (Å²) in [4.78, 5) is 26.7. The fourth-order valence-electron chi connectivity index (χ4n) is 3.96. The lowest BCUT2D eigenvalue weighted by atomic mass is 10.1. The molecule has 1 saturated carbocycles. The summed E-state index contributed by atoms with van der Waals surface area (Å²) < 4.78 is 28.9. The van der Waals surface area contributed by atoms with Crippen molar-refractivity contribution in [1.82, 2.24) is 4.90 Å². The summed E-state index contributed by atoms with van der Waals surface area (Å²) in [5, 5.41) is 0. The number of carbonyl (C=O) groups excluding carboxylic acids is 2. The molecule has 7 heteroatoms. The molecule has 0 unspecified atom stereocenters. The molecule has 0 radical (unpaired) electrons. The average Bonchev–Trinajstić information content (AvgIpc) is 3.23. The summed E-state index contributed by atoms with van der Waals surface area (Å²) in [6.07, 6.45) is 4.31. The van der Waals surface area contributed by atoms with E-state index in [0.717, 1.165) is 31.2 Å². The third-order valence-corrected chi connectivity index (χ3v) is 7.05. The zero-order valence-corrected chi connectivity index (χ0v) is 15.8. The van der Waals surface area contributed by atoms with E-state index in [1.807, 2.05) is 19.1 Å². The van der Waals surface area contributed by atoms with Gasteiger partial charge in [-0.1, -0.05) is 31.0 Å². The molecule has 3 rings (SSSR count). The van der Waals surface area contributed by atoms with E-state index in [0.29, 0.717) is 12.0 Å². The van der Waals surface area contributed by atoms with Crippen LogP contribution in [0.5, 0.6) is 0 Å². The highest BCUT2D eigenvalue weighted by molar-refractivity contribution is 7.91. The number of hydrogen-bond donors (Lipinski definition) is 0. The Morgan fingerprint density at radius 1 is 1.12 bits per heavy atom. The van der Waals surface area contributed by atoms with Crippen molar-refractivity contribution < 1.29 is 22.7 Å². The summed E-state index contributed by atoms with van der Waals surface area (Å²) in [7, 11) is -3.09. The van der Waals surface area contributed by atoms with Gasteiger partial charge in [-0.05, 0) is 37.8 Å². The van der Waals surface area contributed by atoms with Crippen LogP contribution in [0.4, 0.5) is 0 Å². The molecule has 142 valence electrons. The zero-order valence-electron chi connectivity index (χ0n) is 15.0. The third kappa shape index (κ3) is 4.26. The van der Waals surface area contributed by atoms with Gasteiger partial charge in [0.25, 0.3) is 5.91 Å². The second-order valence-electron chi connectivity index (χ2n) is 7.19. The van der Waals surface area contributed by atoms with Gasteiger partial charge < -0.3 is 9.64 Å². The first-order chi connectivity index (χ1) is 12.4. The summed E-state index contributed by atoms with van der Waals surface area (Å²) >= 11 is 0. The highest BCUT2D eigenvalue weighted by Crippen LogP contribution is 2.29. The molecule has 1 aliphatic carbocycles. The summed E-state index contributed by atoms with van der Waals surface area (Å²) in [5.74, 6) is -0.680. The largest absolute Gasteiger partial charge is 0.452 e. The topological polar surface area (TPSA) is 80.8 Å². The second kappa shape index (κ2) is 7.78. The molecule has 0 bridgehead atoms. The maximum atomic E-state index is 12.8. The predicted octanol–water partition coefficient (Wildman–Crippen LogP) is 2.11. The highest BCUT2D eigenvalue weighted by atomic mass is 32.2. The average molecular weight is 379 g/mol. The van der Waals surface area contributed by atoms with Crippen LogP contribution in [0.2, 0.25) is 0 Å². The number of sulfone groups is 1. The molecule has 0 N–H and O–H groups in total. The molecule has 1 heterocycles. The SMILES string of the molecule is Cc1ccccc1C(=O)OCC(=O)N(C1CCCC1)[C@H]1CCS(=O)(=O)C1. The molecule has 0 aromatic heterocycles. The Bertz CT molecular complexity index is 783. The monoisotopic (exact) mass is 379 g/mol. The molecular weight excluding hydrogens is 354 g/mol. The van der Waals surface area contributed by atoms with Crippen molar-refractivity contribution in [2.45, 2.75) is 51.1 Å². The van der Waals surface area contributed by atoms with E-state index in [1.54, 1.807) is 17.0 Å². The number of aryl methyl sites for hydroxylation is 1. The Morgan fingerprint density at radius 3 is 2.42 bits per heavy atom. The molecule has 6 nitrogen and oxygen atoms in total. The molecule has 1 saturated heterocycles. The summed E-state index contributed by atoms with van der Waals surface area (Å²) in [5.41, 5.74) is 1.23. The Labute approximate surface area is 154 Å². The lowest BCUT2D eigenvalue weighted by molar-refractivity contribution is -0.139. The van der Waals surface area contributed by atoms with Gasteiger partial charge >= 0.3 is 5.97 Å². The van der Waals surface area contributed by atoms with Gasteiger partial charge in [-0.25, -0.2) is 13.2 Å². The van der Waals surface area contributed by atoms with E-state index in [2.05, 4.69) is 0 Å². The lowest BCUT2D eigenvalue weighted by Gasteiger charge is -2.33. The number of ether oxygens (including phenoxy) is 1. The number of carbonyl (C=O) groups is 2. The summed E-state index contributed by atoms with van der Waals surface area (Å²) in [6, 6.07) is 6.82. The number of rotatable bonds is 5. The molecule has 2 aliphatic rings. The van der Waals surface area contributed by atoms with Gasteiger partial charge in [-0.2, -0.15) is 0 Å². The molecule has 2 fully saturated rings. The van der Waals surface area contributed by atoms with Crippen LogP contribution in [0.25, 0.3) is 0 Å². The normalized spacial score (nSPS) is 22.3. The number of amides is 1. The Morgan fingerprint density at radius 2 is 1.81 bits per heavy atom. The molecule has 0 spiro atoms. The van der Waals surface area contributed by atoms with Crippen LogP contribution in [-0.4, -0.2) is 55.4 Å². The van der Waals surface area contributed by atoms with E-state index in [4.69, 9.17) is 4.74 Å². The smallest absolute Gasteiger partial charge is 0.338 e. The minimum Gasteiger partial charge on any atom is -0.452 e. The van der Waals surface area contributed by atoms with Gasteiger partial charge in [0, 0.05) is 12.1 Å². The molecule has 1 aliphatic heterocycles. The number of benzene rings is 1. The number of esters is 1. The predicted molar refractivity (Wildman–Crippen MR) is 97.6 cm³/mol. The molecule has 26 heavy (non-hydrogen) atoms. The minimum atomic E-state index is -3.09. The quantitative estimate of drug-likeness (QED) is 0.732. The summed E-state index contributed by atoms with van der Waals surface area (Å²) in [6.45, 7) is 1.47. The Balaban J connectivity index is 1.68. The molecular formula is C19H25NO5S. The van der Waals surface area contributed by atoms with Crippen molar-refractivity contribution in [2.24, 2.45) is 0 Å². The zero-order chi connectivity index (χ0) is 18.7. The van der Waals surface area contributed by atoms with Crippen molar-refractivity contribution in [3.8, 4) is 0 Å². The molecule has 1 amide bonds. The Hall–Kier alpha value is -1.89. The number of nitrogens with zero attached hydrogens (tertiary/aromatic N) is 1. The van der Waals surface area contributed by atoms with Gasteiger partial charge in [0.2, 0.25) is 0 Å². The van der Waals surface area contributed by atoms with Crippen LogP contribution in [0.15, 0.2) is 24.3 Å². The fourth-order valence-corrected chi connectivity index (χ4v) is 5.68. The van der Waals surface area contributed by atoms with Gasteiger partial charge in [0.15, 0.2) is 16.4 Å². The molecule has 1 aromatic rings. The van der Waals surface area contributed by atoms with Crippen molar-refractivity contribution >= 4 is 21.7 Å². The van der Waals surface area contributed by atoms with Crippen LogP contribution in [0.1, 0.15) is 48.0 Å². The first-order valence-electron chi connectivity index (χ1n) is 9.12. The van der Waals surface area contributed by atoms with Gasteiger partial charge in [-0.3, -0.25) is 4.79 Å². The van der Waals surface area contributed by atoms with Crippen molar-refractivity contribution in [1.29, 1.82) is 0 Å². The van der Waals surface area contributed by atoms with E-state index in [1.165, 1.54) is 0 Å². The molecule has 1 atom stereocenters. The lowest BCUT2D eigenvalue weighted by Crippen LogP contribution is -2.48. The first kappa shape index (κ1) is 18.9. The van der Waals surface area contributed by atoms with Crippen LogP contribution in [-0.2, 0) is 19.4 Å². The van der Waals surface area contributed by atoms with Gasteiger partial charge in [-0.15, -0.1) is 0 Å². The maximum Gasteiger partial charge on any atom is 0.338 e. The minimum absolute atomic E-state index is 0.0149. The van der Waals surface area contributed by atoms with Crippen LogP contribution < -0.4 is 0 Å². The van der Waals surface area contributed by atoms with E-state index in [9.17, 15) is 18.0 Å². The van der Waals surface area contributed by atoms with Gasteiger partial charge in [0.05, 0.1) is 17.1 Å². The van der Waals surface area contributed by atoms with Crippen LogP contribution >= 0.6 is 0 Å². The fraction of sp³-hybridized carbons (Fsp3) is 0.579.